The summed E-state index contributed by atoms with van der Waals surface area (Å²) in [5.41, 5.74) is 6.41. The summed E-state index contributed by atoms with van der Waals surface area (Å²) >= 11 is 0. The van der Waals surface area contributed by atoms with Crippen LogP contribution in [0.3, 0.4) is 0 Å². The average Bonchev–Trinajstić information content (AvgIpc) is 2.69. The lowest BCUT2D eigenvalue weighted by atomic mass is 9.49. The number of nitrogens with one attached hydrogen (secondary N) is 1. The van der Waals surface area contributed by atoms with Crippen molar-refractivity contribution in [1.82, 2.24) is 5.32 Å². The molecule has 3 nitrogen and oxygen atoms in total. The first-order valence-electron chi connectivity index (χ1n) is 13.9. The molecule has 0 aliphatic heterocycles. The van der Waals surface area contributed by atoms with E-state index in [4.69, 9.17) is 5.73 Å². The highest BCUT2D eigenvalue weighted by molar-refractivity contribution is 5.83. The summed E-state index contributed by atoms with van der Waals surface area (Å²) in [6.45, 7) is 7.50. The monoisotopic (exact) mass is 432 g/mol. The smallest absolute Gasteiger partial charge is 0.226 e. The predicted molar refractivity (Wildman–Crippen MR) is 132 cm³/mol. The number of hydrogen-bond acceptors (Lipinski definition) is 2. The summed E-state index contributed by atoms with van der Waals surface area (Å²) in [4.78, 5) is 13.1. The molecule has 4 bridgehead atoms. The fraction of sp³-hybridized carbons (Fsp3) is 0.964. The first-order chi connectivity index (χ1) is 14.8. The SMILES string of the molecule is CCCCCCCCCCC(CCCNC(=O)C12CC3CC(CC(C3)C1)C2)C(C)(C)N. The van der Waals surface area contributed by atoms with Gasteiger partial charge in [-0.15, -0.1) is 0 Å². The fourth-order valence-corrected chi connectivity index (χ4v) is 7.54. The van der Waals surface area contributed by atoms with Crippen LogP contribution >= 0.6 is 0 Å². The summed E-state index contributed by atoms with van der Waals surface area (Å²) in [5.74, 6) is 3.46. The Morgan fingerprint density at radius 1 is 0.871 bits per heavy atom. The highest BCUT2D eigenvalue weighted by Gasteiger charge is 2.54. The van der Waals surface area contributed by atoms with E-state index in [2.05, 4.69) is 26.1 Å². The van der Waals surface area contributed by atoms with Gasteiger partial charge in [-0.3, -0.25) is 4.79 Å². The third-order valence-electron chi connectivity index (χ3n) is 8.99. The third-order valence-corrected chi connectivity index (χ3v) is 8.99. The highest BCUT2D eigenvalue weighted by Crippen LogP contribution is 2.60. The first kappa shape index (κ1) is 25.1. The van der Waals surface area contributed by atoms with E-state index in [0.29, 0.717) is 11.8 Å². The average molecular weight is 433 g/mol. The van der Waals surface area contributed by atoms with Crippen molar-refractivity contribution in [3.63, 3.8) is 0 Å². The van der Waals surface area contributed by atoms with Gasteiger partial charge >= 0.3 is 0 Å². The van der Waals surface area contributed by atoms with E-state index < -0.39 is 0 Å². The van der Waals surface area contributed by atoms with Crippen LogP contribution in [0.2, 0.25) is 0 Å². The Balaban J connectivity index is 1.32. The van der Waals surface area contributed by atoms with E-state index >= 15 is 0 Å². The van der Waals surface area contributed by atoms with E-state index in [9.17, 15) is 4.79 Å². The molecule has 31 heavy (non-hydrogen) atoms. The molecule has 1 amide bonds. The molecule has 1 atom stereocenters. The summed E-state index contributed by atoms with van der Waals surface area (Å²) in [5, 5.41) is 3.37. The van der Waals surface area contributed by atoms with Crippen molar-refractivity contribution in [2.24, 2.45) is 34.8 Å². The van der Waals surface area contributed by atoms with Crippen molar-refractivity contribution in [1.29, 1.82) is 0 Å². The zero-order valence-corrected chi connectivity index (χ0v) is 21.0. The molecule has 0 aromatic heterocycles. The van der Waals surface area contributed by atoms with Crippen molar-refractivity contribution in [3.8, 4) is 0 Å². The van der Waals surface area contributed by atoms with E-state index in [1.54, 1.807) is 0 Å². The number of amides is 1. The highest BCUT2D eigenvalue weighted by atomic mass is 16.2. The molecule has 0 aromatic rings. The molecule has 0 heterocycles. The topological polar surface area (TPSA) is 55.1 Å². The maximum atomic E-state index is 13.1. The molecular weight excluding hydrogens is 380 g/mol. The number of carbonyl (C=O) groups excluding carboxylic acids is 1. The van der Waals surface area contributed by atoms with Crippen LogP contribution in [-0.2, 0) is 4.79 Å². The number of nitrogens with two attached hydrogens (primary N) is 1. The lowest BCUT2D eigenvalue weighted by molar-refractivity contribution is -0.146. The second-order valence-corrected chi connectivity index (χ2v) is 12.4. The van der Waals surface area contributed by atoms with Gasteiger partial charge < -0.3 is 11.1 Å². The van der Waals surface area contributed by atoms with Crippen LogP contribution in [-0.4, -0.2) is 18.0 Å². The molecule has 4 aliphatic rings. The minimum Gasteiger partial charge on any atom is -0.356 e. The molecule has 4 aliphatic carbocycles. The molecule has 4 saturated carbocycles. The van der Waals surface area contributed by atoms with Crippen molar-refractivity contribution >= 4 is 5.91 Å². The quantitative estimate of drug-likeness (QED) is 0.274. The number of carbonyl (C=O) groups is 1. The molecule has 4 rings (SSSR count). The molecule has 0 spiro atoms. The minimum absolute atomic E-state index is 0.00157. The van der Waals surface area contributed by atoms with Gasteiger partial charge in [0.2, 0.25) is 5.91 Å². The molecule has 3 heteroatoms. The predicted octanol–water partition coefficient (Wildman–Crippen LogP) is 6.98. The van der Waals surface area contributed by atoms with Gasteiger partial charge in [0, 0.05) is 17.5 Å². The Labute approximate surface area is 193 Å². The van der Waals surface area contributed by atoms with Crippen LogP contribution in [0, 0.1) is 29.1 Å². The Morgan fingerprint density at radius 2 is 1.35 bits per heavy atom. The van der Waals surface area contributed by atoms with Crippen molar-refractivity contribution in [3.05, 3.63) is 0 Å². The Kier molecular flexibility index (Phi) is 9.32. The van der Waals surface area contributed by atoms with Gasteiger partial charge in [-0.05, 0) is 95.3 Å². The normalized spacial score (nSPS) is 30.5. The van der Waals surface area contributed by atoms with Crippen molar-refractivity contribution in [2.45, 2.75) is 135 Å². The number of unbranched alkanes of at least 4 members (excludes halogenated alkanes) is 7. The Morgan fingerprint density at radius 3 is 1.87 bits per heavy atom. The molecule has 4 fully saturated rings. The van der Waals surface area contributed by atoms with Crippen LogP contribution < -0.4 is 11.1 Å². The maximum absolute atomic E-state index is 13.1. The van der Waals surface area contributed by atoms with E-state index in [-0.39, 0.29) is 11.0 Å². The Bertz CT molecular complexity index is 514. The number of hydrogen-bond donors (Lipinski definition) is 2. The van der Waals surface area contributed by atoms with Crippen LogP contribution in [0.1, 0.15) is 130 Å². The first-order valence-corrected chi connectivity index (χ1v) is 13.9. The van der Waals surface area contributed by atoms with Crippen LogP contribution in [0.5, 0.6) is 0 Å². The number of rotatable bonds is 15. The largest absolute Gasteiger partial charge is 0.356 e. The third kappa shape index (κ3) is 7.21. The molecular formula is C28H52N2O. The van der Waals surface area contributed by atoms with E-state index in [1.165, 1.54) is 96.3 Å². The molecule has 180 valence electrons. The van der Waals surface area contributed by atoms with Crippen LogP contribution in [0.15, 0.2) is 0 Å². The molecule has 0 aromatic carbocycles. The minimum atomic E-state index is -0.120. The molecule has 3 N–H and O–H groups in total. The second kappa shape index (κ2) is 11.5. The van der Waals surface area contributed by atoms with Crippen molar-refractivity contribution < 1.29 is 4.79 Å². The van der Waals surface area contributed by atoms with Crippen LogP contribution in [0.25, 0.3) is 0 Å². The lowest BCUT2D eigenvalue weighted by Crippen LogP contribution is -2.53. The molecule has 1 unspecified atom stereocenters. The lowest BCUT2D eigenvalue weighted by Gasteiger charge is -2.55. The molecule has 0 saturated heterocycles. The molecule has 0 radical (unpaired) electrons. The van der Waals surface area contributed by atoms with Gasteiger partial charge in [-0.25, -0.2) is 0 Å². The van der Waals surface area contributed by atoms with Crippen molar-refractivity contribution in [2.75, 3.05) is 6.54 Å². The zero-order chi connectivity index (χ0) is 22.3. The summed E-state index contributed by atoms with van der Waals surface area (Å²) in [6, 6.07) is 0. The summed E-state index contributed by atoms with van der Waals surface area (Å²) in [7, 11) is 0. The summed E-state index contributed by atoms with van der Waals surface area (Å²) in [6.07, 6.45) is 22.1. The van der Waals surface area contributed by atoms with Gasteiger partial charge in [-0.1, -0.05) is 58.3 Å². The van der Waals surface area contributed by atoms with Gasteiger partial charge in [0.05, 0.1) is 0 Å². The van der Waals surface area contributed by atoms with E-state index in [1.807, 2.05) is 0 Å². The van der Waals surface area contributed by atoms with E-state index in [0.717, 1.165) is 37.1 Å². The fourth-order valence-electron chi connectivity index (χ4n) is 7.54. The van der Waals surface area contributed by atoms with Crippen LogP contribution in [0.4, 0.5) is 0 Å². The van der Waals surface area contributed by atoms with Gasteiger partial charge in [0.1, 0.15) is 0 Å². The van der Waals surface area contributed by atoms with Gasteiger partial charge in [0.25, 0.3) is 0 Å². The zero-order valence-electron chi connectivity index (χ0n) is 21.0. The standard InChI is InChI=1S/C28H52N2O/c1-4-5-6-7-8-9-10-11-13-25(27(2,3)29)14-12-15-30-26(31)28-19-22-16-23(20-28)18-24(17-22)21-28/h22-25H,4-21,29H2,1-3H3,(H,30,31). The Hall–Kier alpha value is -0.570. The second-order valence-electron chi connectivity index (χ2n) is 12.4. The van der Waals surface area contributed by atoms with Gasteiger partial charge in [0.15, 0.2) is 0 Å². The van der Waals surface area contributed by atoms with Gasteiger partial charge in [-0.2, -0.15) is 0 Å². The summed E-state index contributed by atoms with van der Waals surface area (Å²) < 4.78 is 0. The maximum Gasteiger partial charge on any atom is 0.226 e.